The highest BCUT2D eigenvalue weighted by Crippen LogP contribution is 2.28. The molecule has 0 aliphatic carbocycles. The molecule has 3 heteroatoms. The molecular formula is C15H16ClNO. The number of halogens is 1. The van der Waals surface area contributed by atoms with Crippen LogP contribution in [-0.2, 0) is 4.79 Å². The highest BCUT2D eigenvalue weighted by molar-refractivity contribution is 6.31. The first-order valence-electron chi connectivity index (χ1n) is 6.01. The van der Waals surface area contributed by atoms with Crippen LogP contribution >= 0.6 is 11.6 Å². The lowest BCUT2D eigenvalue weighted by Crippen LogP contribution is -2.32. The minimum Gasteiger partial charge on any atom is -0.352 e. The maximum absolute atomic E-state index is 12.0. The molecule has 0 aromatic heterocycles. The predicted molar refractivity (Wildman–Crippen MR) is 75.8 cm³/mol. The summed E-state index contributed by atoms with van der Waals surface area (Å²) in [4.78, 5) is 12.0. The third-order valence-electron chi connectivity index (χ3n) is 2.76. The molecule has 0 radical (unpaired) electrons. The summed E-state index contributed by atoms with van der Waals surface area (Å²) in [6.45, 7) is 3.84. The van der Waals surface area contributed by atoms with E-state index in [-0.39, 0.29) is 11.9 Å². The molecule has 2 rings (SSSR count). The zero-order valence-corrected chi connectivity index (χ0v) is 11.2. The zero-order valence-electron chi connectivity index (χ0n) is 10.5. The van der Waals surface area contributed by atoms with Crippen molar-refractivity contribution in [3.05, 3.63) is 48.0 Å². The largest absolute Gasteiger partial charge is 0.352 e. The molecule has 0 bridgehead atoms. The van der Waals surface area contributed by atoms with Crippen LogP contribution in [0.2, 0.25) is 0 Å². The number of carbonyl (C=O) groups excluding carboxylic acids is 1. The molecule has 0 fully saturated rings. The fraction of sp³-hybridized carbons (Fsp3) is 0.267. The van der Waals surface area contributed by atoms with E-state index >= 15 is 0 Å². The molecular weight excluding hydrogens is 246 g/mol. The van der Waals surface area contributed by atoms with Gasteiger partial charge in [-0.3, -0.25) is 4.79 Å². The maximum atomic E-state index is 12.0. The summed E-state index contributed by atoms with van der Waals surface area (Å²) in [7, 11) is 0. The lowest BCUT2D eigenvalue weighted by Gasteiger charge is -2.15. The Hall–Kier alpha value is -1.54. The summed E-state index contributed by atoms with van der Waals surface area (Å²) in [5.41, 5.74) is 0.855. The summed E-state index contributed by atoms with van der Waals surface area (Å²) in [5.74, 6) is -0.150. The van der Waals surface area contributed by atoms with Crippen LogP contribution in [0.25, 0.3) is 10.8 Å². The van der Waals surface area contributed by atoms with E-state index in [2.05, 4.69) is 5.32 Å². The molecule has 2 aromatic rings. The van der Waals surface area contributed by atoms with Crippen LogP contribution in [-0.4, -0.2) is 11.9 Å². The lowest BCUT2D eigenvalue weighted by atomic mass is 10.0. The molecule has 0 heterocycles. The molecule has 1 unspecified atom stereocenters. The Balaban J connectivity index is 2.38. The molecule has 2 aromatic carbocycles. The smallest absolute Gasteiger partial charge is 0.242 e. The van der Waals surface area contributed by atoms with Crippen LogP contribution < -0.4 is 5.32 Å². The van der Waals surface area contributed by atoms with E-state index in [1.165, 1.54) is 0 Å². The Labute approximate surface area is 112 Å². The van der Waals surface area contributed by atoms with Gasteiger partial charge in [-0.2, -0.15) is 0 Å². The SMILES string of the molecule is CC(C)NC(=O)C(Cl)c1cccc2ccccc12. The van der Waals surface area contributed by atoms with Crippen LogP contribution in [0, 0.1) is 0 Å². The number of carbonyl (C=O) groups is 1. The quantitative estimate of drug-likeness (QED) is 0.840. The van der Waals surface area contributed by atoms with Gasteiger partial charge in [0.15, 0.2) is 0 Å². The molecule has 0 saturated heterocycles. The van der Waals surface area contributed by atoms with Crippen molar-refractivity contribution in [1.29, 1.82) is 0 Å². The van der Waals surface area contributed by atoms with Crippen LogP contribution in [0.5, 0.6) is 0 Å². The highest BCUT2D eigenvalue weighted by Gasteiger charge is 2.19. The van der Waals surface area contributed by atoms with E-state index in [1.54, 1.807) is 0 Å². The Morgan fingerprint density at radius 2 is 1.78 bits per heavy atom. The van der Waals surface area contributed by atoms with Gasteiger partial charge in [0.05, 0.1) is 0 Å². The van der Waals surface area contributed by atoms with E-state index in [1.807, 2.05) is 56.3 Å². The second kappa shape index (κ2) is 5.40. The number of hydrogen-bond donors (Lipinski definition) is 1. The monoisotopic (exact) mass is 261 g/mol. The average Bonchev–Trinajstić information content (AvgIpc) is 2.36. The fourth-order valence-electron chi connectivity index (χ4n) is 1.97. The topological polar surface area (TPSA) is 29.1 Å². The van der Waals surface area contributed by atoms with Crippen LogP contribution in [0.3, 0.4) is 0 Å². The van der Waals surface area contributed by atoms with E-state index in [9.17, 15) is 4.79 Å². The van der Waals surface area contributed by atoms with Crippen LogP contribution in [0.4, 0.5) is 0 Å². The average molecular weight is 262 g/mol. The number of alkyl halides is 1. The molecule has 0 saturated carbocycles. The van der Waals surface area contributed by atoms with Gasteiger partial charge >= 0.3 is 0 Å². The Kier molecular flexibility index (Phi) is 3.87. The van der Waals surface area contributed by atoms with E-state index in [0.29, 0.717) is 0 Å². The molecule has 1 atom stereocenters. The fourth-order valence-corrected chi connectivity index (χ4v) is 2.22. The van der Waals surface area contributed by atoms with Crippen molar-refractivity contribution < 1.29 is 4.79 Å². The van der Waals surface area contributed by atoms with Gasteiger partial charge in [-0.05, 0) is 30.2 Å². The summed E-state index contributed by atoms with van der Waals surface area (Å²) in [6, 6.07) is 13.9. The summed E-state index contributed by atoms with van der Waals surface area (Å²) >= 11 is 6.27. The summed E-state index contributed by atoms with van der Waals surface area (Å²) in [6.07, 6.45) is 0. The first-order chi connectivity index (χ1) is 8.59. The molecule has 94 valence electrons. The maximum Gasteiger partial charge on any atom is 0.242 e. The first-order valence-corrected chi connectivity index (χ1v) is 6.45. The Morgan fingerprint density at radius 1 is 1.11 bits per heavy atom. The molecule has 1 amide bonds. The van der Waals surface area contributed by atoms with E-state index < -0.39 is 5.38 Å². The van der Waals surface area contributed by atoms with Gasteiger partial charge in [0.25, 0.3) is 0 Å². The van der Waals surface area contributed by atoms with Crippen molar-refractivity contribution in [3.8, 4) is 0 Å². The van der Waals surface area contributed by atoms with Crippen molar-refractivity contribution in [2.75, 3.05) is 0 Å². The van der Waals surface area contributed by atoms with Crippen molar-refractivity contribution >= 4 is 28.3 Å². The van der Waals surface area contributed by atoms with Gasteiger partial charge in [-0.1, -0.05) is 42.5 Å². The minimum absolute atomic E-state index is 0.0914. The first kappa shape index (κ1) is 12.9. The Morgan fingerprint density at radius 3 is 2.50 bits per heavy atom. The van der Waals surface area contributed by atoms with Crippen LogP contribution in [0.15, 0.2) is 42.5 Å². The van der Waals surface area contributed by atoms with Crippen molar-refractivity contribution in [1.82, 2.24) is 5.32 Å². The number of rotatable bonds is 3. The predicted octanol–water partition coefficient (Wildman–Crippen LogP) is 3.64. The Bertz CT molecular complexity index is 560. The molecule has 18 heavy (non-hydrogen) atoms. The van der Waals surface area contributed by atoms with Gasteiger partial charge in [0.1, 0.15) is 5.38 Å². The normalized spacial score (nSPS) is 12.7. The summed E-state index contributed by atoms with van der Waals surface area (Å²) in [5, 5.41) is 4.30. The number of benzene rings is 2. The van der Waals surface area contributed by atoms with Crippen molar-refractivity contribution in [3.63, 3.8) is 0 Å². The number of nitrogens with one attached hydrogen (secondary N) is 1. The van der Waals surface area contributed by atoms with Gasteiger partial charge in [0, 0.05) is 6.04 Å². The highest BCUT2D eigenvalue weighted by atomic mass is 35.5. The molecule has 2 nitrogen and oxygen atoms in total. The summed E-state index contributed by atoms with van der Waals surface area (Å²) < 4.78 is 0. The molecule has 0 aliphatic heterocycles. The van der Waals surface area contributed by atoms with Gasteiger partial charge in [0.2, 0.25) is 5.91 Å². The standard InChI is InChI=1S/C15H16ClNO/c1-10(2)17-15(18)14(16)13-9-5-7-11-6-3-4-8-12(11)13/h3-10,14H,1-2H3,(H,17,18). The van der Waals surface area contributed by atoms with Gasteiger partial charge in [-0.25, -0.2) is 0 Å². The van der Waals surface area contributed by atoms with E-state index in [4.69, 9.17) is 11.6 Å². The minimum atomic E-state index is -0.654. The molecule has 0 aliphatic rings. The molecule has 0 spiro atoms. The van der Waals surface area contributed by atoms with Crippen molar-refractivity contribution in [2.24, 2.45) is 0 Å². The second-order valence-corrected chi connectivity index (χ2v) is 5.03. The third kappa shape index (κ3) is 2.65. The van der Waals surface area contributed by atoms with E-state index in [0.717, 1.165) is 16.3 Å². The zero-order chi connectivity index (χ0) is 13.1. The second-order valence-electron chi connectivity index (χ2n) is 4.59. The number of fused-ring (bicyclic) bond motifs is 1. The van der Waals surface area contributed by atoms with Crippen LogP contribution in [0.1, 0.15) is 24.8 Å². The van der Waals surface area contributed by atoms with Gasteiger partial charge < -0.3 is 5.32 Å². The lowest BCUT2D eigenvalue weighted by molar-refractivity contribution is -0.121. The van der Waals surface area contributed by atoms with Crippen molar-refractivity contribution in [2.45, 2.75) is 25.3 Å². The molecule has 1 N–H and O–H groups in total. The number of hydrogen-bond acceptors (Lipinski definition) is 1. The van der Waals surface area contributed by atoms with Gasteiger partial charge in [-0.15, -0.1) is 11.6 Å². The number of amides is 1. The third-order valence-corrected chi connectivity index (χ3v) is 3.19.